The van der Waals surface area contributed by atoms with Crippen LogP contribution in [0.3, 0.4) is 0 Å². The van der Waals surface area contributed by atoms with E-state index in [1.54, 1.807) is 7.11 Å². The molecule has 0 saturated heterocycles. The fourth-order valence-electron chi connectivity index (χ4n) is 1.43. The van der Waals surface area contributed by atoms with Gasteiger partial charge in [0.2, 0.25) is 0 Å². The third kappa shape index (κ3) is 1.54. The SMILES string of the molecule is COc1ccccc1-c1onc(N)c1C. The minimum Gasteiger partial charge on any atom is -0.496 e. The van der Waals surface area contributed by atoms with Crippen molar-refractivity contribution in [2.45, 2.75) is 6.92 Å². The van der Waals surface area contributed by atoms with E-state index in [9.17, 15) is 0 Å². The molecule has 1 aromatic heterocycles. The summed E-state index contributed by atoms with van der Waals surface area (Å²) in [6, 6.07) is 7.59. The molecular formula is C11H12N2O2. The van der Waals surface area contributed by atoms with E-state index in [0.717, 1.165) is 16.9 Å². The Balaban J connectivity index is 2.58. The van der Waals surface area contributed by atoms with Gasteiger partial charge in [-0.15, -0.1) is 0 Å². The minimum atomic E-state index is 0.413. The highest BCUT2D eigenvalue weighted by Crippen LogP contribution is 2.33. The highest BCUT2D eigenvalue weighted by atomic mass is 16.5. The quantitative estimate of drug-likeness (QED) is 0.814. The van der Waals surface area contributed by atoms with Crippen LogP contribution >= 0.6 is 0 Å². The predicted octanol–water partition coefficient (Wildman–Crippen LogP) is 2.24. The molecule has 0 spiro atoms. The summed E-state index contributed by atoms with van der Waals surface area (Å²) in [4.78, 5) is 0. The van der Waals surface area contributed by atoms with Crippen LogP contribution in [-0.4, -0.2) is 12.3 Å². The number of hydrogen-bond donors (Lipinski definition) is 1. The summed E-state index contributed by atoms with van der Waals surface area (Å²) in [7, 11) is 1.62. The number of anilines is 1. The summed E-state index contributed by atoms with van der Waals surface area (Å²) in [5.74, 6) is 1.82. The zero-order valence-corrected chi connectivity index (χ0v) is 8.65. The number of nitrogens with two attached hydrogens (primary N) is 1. The average Bonchev–Trinajstić information content (AvgIpc) is 2.60. The van der Waals surface area contributed by atoms with Crippen LogP contribution in [0.5, 0.6) is 5.75 Å². The Morgan fingerprint density at radius 1 is 1.33 bits per heavy atom. The monoisotopic (exact) mass is 204 g/mol. The van der Waals surface area contributed by atoms with Gasteiger partial charge >= 0.3 is 0 Å². The average molecular weight is 204 g/mol. The van der Waals surface area contributed by atoms with Gasteiger partial charge in [0.1, 0.15) is 5.75 Å². The molecule has 0 atom stereocenters. The highest BCUT2D eigenvalue weighted by molar-refractivity contribution is 5.71. The van der Waals surface area contributed by atoms with E-state index in [-0.39, 0.29) is 0 Å². The second-order valence-corrected chi connectivity index (χ2v) is 3.22. The van der Waals surface area contributed by atoms with Gasteiger partial charge in [-0.2, -0.15) is 0 Å². The molecule has 2 rings (SSSR count). The maximum absolute atomic E-state index is 5.62. The van der Waals surface area contributed by atoms with Crippen LogP contribution < -0.4 is 10.5 Å². The first kappa shape index (κ1) is 9.58. The molecule has 0 aliphatic heterocycles. The van der Waals surface area contributed by atoms with Crippen LogP contribution in [0.15, 0.2) is 28.8 Å². The summed E-state index contributed by atoms with van der Waals surface area (Å²) < 4.78 is 10.4. The summed E-state index contributed by atoms with van der Waals surface area (Å²) in [6.45, 7) is 1.87. The maximum atomic E-state index is 5.62. The molecule has 1 heterocycles. The van der Waals surface area contributed by atoms with Crippen molar-refractivity contribution in [3.05, 3.63) is 29.8 Å². The van der Waals surface area contributed by atoms with E-state index in [0.29, 0.717) is 11.6 Å². The molecule has 0 bridgehead atoms. The molecule has 0 radical (unpaired) electrons. The lowest BCUT2D eigenvalue weighted by Crippen LogP contribution is -1.89. The molecule has 15 heavy (non-hydrogen) atoms. The molecule has 0 aliphatic rings. The lowest BCUT2D eigenvalue weighted by atomic mass is 10.1. The van der Waals surface area contributed by atoms with Crippen molar-refractivity contribution in [2.24, 2.45) is 0 Å². The first-order chi connectivity index (χ1) is 7.24. The van der Waals surface area contributed by atoms with E-state index in [1.165, 1.54) is 0 Å². The predicted molar refractivity (Wildman–Crippen MR) is 57.6 cm³/mol. The molecule has 78 valence electrons. The van der Waals surface area contributed by atoms with Crippen molar-refractivity contribution in [3.63, 3.8) is 0 Å². The topological polar surface area (TPSA) is 61.3 Å². The van der Waals surface area contributed by atoms with Gasteiger partial charge in [-0.25, -0.2) is 0 Å². The summed E-state index contributed by atoms with van der Waals surface area (Å²) >= 11 is 0. The van der Waals surface area contributed by atoms with Crippen LogP contribution in [0, 0.1) is 6.92 Å². The van der Waals surface area contributed by atoms with E-state index in [4.69, 9.17) is 15.0 Å². The zero-order chi connectivity index (χ0) is 10.8. The third-order valence-corrected chi connectivity index (χ3v) is 2.31. The third-order valence-electron chi connectivity index (χ3n) is 2.31. The lowest BCUT2D eigenvalue weighted by Gasteiger charge is -2.04. The molecule has 4 heteroatoms. The molecule has 0 saturated carbocycles. The molecular weight excluding hydrogens is 192 g/mol. The number of hydrogen-bond acceptors (Lipinski definition) is 4. The standard InChI is InChI=1S/C11H12N2O2/c1-7-10(15-13-11(7)12)8-5-3-4-6-9(8)14-2/h3-6H,1-2H3,(H2,12,13). The zero-order valence-electron chi connectivity index (χ0n) is 8.65. The van der Waals surface area contributed by atoms with Gasteiger partial charge in [-0.1, -0.05) is 17.3 Å². The second-order valence-electron chi connectivity index (χ2n) is 3.22. The Morgan fingerprint density at radius 2 is 2.07 bits per heavy atom. The van der Waals surface area contributed by atoms with Gasteiger partial charge in [0.05, 0.1) is 12.7 Å². The van der Waals surface area contributed by atoms with Gasteiger partial charge in [0.25, 0.3) is 0 Å². The van der Waals surface area contributed by atoms with Gasteiger partial charge in [0, 0.05) is 5.56 Å². The number of ether oxygens (including phenoxy) is 1. The number of nitrogens with zero attached hydrogens (tertiary/aromatic N) is 1. The van der Waals surface area contributed by atoms with Crippen LogP contribution in [-0.2, 0) is 0 Å². The van der Waals surface area contributed by atoms with E-state index in [2.05, 4.69) is 5.16 Å². The number of aromatic nitrogens is 1. The summed E-state index contributed by atoms with van der Waals surface area (Å²) in [5.41, 5.74) is 7.32. The van der Waals surface area contributed by atoms with Crippen molar-refractivity contribution in [2.75, 3.05) is 12.8 Å². The molecule has 0 amide bonds. The Kier molecular flexibility index (Phi) is 2.33. The van der Waals surface area contributed by atoms with Crippen molar-refractivity contribution in [1.29, 1.82) is 0 Å². The Labute approximate surface area is 87.6 Å². The normalized spacial score (nSPS) is 10.3. The van der Waals surface area contributed by atoms with Crippen LogP contribution in [0.25, 0.3) is 11.3 Å². The number of para-hydroxylation sites is 1. The maximum Gasteiger partial charge on any atom is 0.175 e. The van der Waals surface area contributed by atoms with Crippen LogP contribution in [0.2, 0.25) is 0 Å². The van der Waals surface area contributed by atoms with Crippen molar-refractivity contribution in [3.8, 4) is 17.1 Å². The van der Waals surface area contributed by atoms with Crippen molar-refractivity contribution < 1.29 is 9.26 Å². The Hall–Kier alpha value is -1.97. The number of methoxy groups -OCH3 is 1. The van der Waals surface area contributed by atoms with E-state index < -0.39 is 0 Å². The first-order valence-electron chi connectivity index (χ1n) is 4.59. The molecule has 2 aromatic rings. The largest absolute Gasteiger partial charge is 0.496 e. The Bertz CT molecular complexity index is 477. The molecule has 0 fully saturated rings. The molecule has 2 N–H and O–H groups in total. The lowest BCUT2D eigenvalue weighted by molar-refractivity contribution is 0.406. The first-order valence-corrected chi connectivity index (χ1v) is 4.59. The summed E-state index contributed by atoms with van der Waals surface area (Å²) in [5, 5.41) is 3.72. The molecule has 1 aromatic carbocycles. The number of nitrogen functional groups attached to an aromatic ring is 1. The van der Waals surface area contributed by atoms with E-state index in [1.807, 2.05) is 31.2 Å². The Morgan fingerprint density at radius 3 is 2.67 bits per heavy atom. The fraction of sp³-hybridized carbons (Fsp3) is 0.182. The fourth-order valence-corrected chi connectivity index (χ4v) is 1.43. The van der Waals surface area contributed by atoms with Crippen LogP contribution in [0.1, 0.15) is 5.56 Å². The molecule has 4 nitrogen and oxygen atoms in total. The molecule has 0 aliphatic carbocycles. The highest BCUT2D eigenvalue weighted by Gasteiger charge is 2.14. The number of rotatable bonds is 2. The van der Waals surface area contributed by atoms with Gasteiger partial charge in [0.15, 0.2) is 11.6 Å². The van der Waals surface area contributed by atoms with Gasteiger partial charge in [-0.05, 0) is 19.1 Å². The smallest absolute Gasteiger partial charge is 0.175 e. The number of benzene rings is 1. The van der Waals surface area contributed by atoms with E-state index >= 15 is 0 Å². The minimum absolute atomic E-state index is 0.413. The van der Waals surface area contributed by atoms with Crippen LogP contribution in [0.4, 0.5) is 5.82 Å². The second kappa shape index (κ2) is 3.65. The summed E-state index contributed by atoms with van der Waals surface area (Å²) in [6.07, 6.45) is 0. The van der Waals surface area contributed by atoms with Crippen molar-refractivity contribution >= 4 is 5.82 Å². The van der Waals surface area contributed by atoms with Gasteiger partial charge < -0.3 is 15.0 Å². The molecule has 0 unspecified atom stereocenters. The van der Waals surface area contributed by atoms with Crippen molar-refractivity contribution in [1.82, 2.24) is 5.16 Å². The van der Waals surface area contributed by atoms with Gasteiger partial charge in [-0.3, -0.25) is 0 Å².